The summed E-state index contributed by atoms with van der Waals surface area (Å²) in [6, 6.07) is 12.3. The smallest absolute Gasteiger partial charge is 0.128 e. The van der Waals surface area contributed by atoms with E-state index in [0.29, 0.717) is 0 Å². The number of nitrogens with two attached hydrogens (primary N) is 1. The Morgan fingerprint density at radius 2 is 1.87 bits per heavy atom. The standard InChI is InChI=1S/C18H21N5/c1-22-6-8-23(9-7-22)18-5-3-14(12-20-18)16-10-13-2-4-15(19)11-17(13)21-16/h2-5,10-12,21H,6-9,19H2,1H3. The van der Waals surface area contributed by atoms with Gasteiger partial charge in [-0.2, -0.15) is 0 Å². The minimum absolute atomic E-state index is 0.773. The molecule has 0 spiro atoms. The molecule has 0 saturated carbocycles. The van der Waals surface area contributed by atoms with Crippen molar-refractivity contribution >= 4 is 22.4 Å². The van der Waals surface area contributed by atoms with Crippen LogP contribution < -0.4 is 10.6 Å². The maximum atomic E-state index is 5.84. The number of nitrogen functional groups attached to an aromatic ring is 1. The second-order valence-electron chi connectivity index (χ2n) is 6.23. The summed E-state index contributed by atoms with van der Waals surface area (Å²) in [5.74, 6) is 1.06. The zero-order valence-corrected chi connectivity index (χ0v) is 13.3. The van der Waals surface area contributed by atoms with Gasteiger partial charge in [0.15, 0.2) is 0 Å². The Morgan fingerprint density at radius 3 is 2.61 bits per heavy atom. The molecule has 3 N–H and O–H groups in total. The molecule has 1 fully saturated rings. The summed E-state index contributed by atoms with van der Waals surface area (Å²) in [6.07, 6.45) is 1.95. The van der Waals surface area contributed by atoms with Gasteiger partial charge >= 0.3 is 0 Å². The van der Waals surface area contributed by atoms with Gasteiger partial charge in [-0.3, -0.25) is 0 Å². The number of aromatic amines is 1. The fourth-order valence-corrected chi connectivity index (χ4v) is 3.07. The Morgan fingerprint density at radius 1 is 1.04 bits per heavy atom. The highest BCUT2D eigenvalue weighted by atomic mass is 15.3. The zero-order valence-electron chi connectivity index (χ0n) is 13.3. The number of likely N-dealkylation sites (N-methyl/N-ethyl adjacent to an activating group) is 1. The minimum atomic E-state index is 0.773. The number of nitrogens with one attached hydrogen (secondary N) is 1. The van der Waals surface area contributed by atoms with Crippen molar-refractivity contribution in [3.05, 3.63) is 42.6 Å². The Hall–Kier alpha value is -2.53. The van der Waals surface area contributed by atoms with Crippen LogP contribution in [0.25, 0.3) is 22.2 Å². The first-order valence-corrected chi connectivity index (χ1v) is 7.97. The molecule has 1 aromatic carbocycles. The second kappa shape index (κ2) is 5.59. The Balaban J connectivity index is 1.59. The molecular weight excluding hydrogens is 286 g/mol. The number of hydrogen-bond donors (Lipinski definition) is 2. The van der Waals surface area contributed by atoms with E-state index in [1.54, 1.807) is 0 Å². The SMILES string of the molecule is CN1CCN(c2ccc(-c3cc4ccc(N)cc4[nH]3)cn2)CC1. The van der Waals surface area contributed by atoms with Crippen LogP contribution in [0.15, 0.2) is 42.6 Å². The van der Waals surface area contributed by atoms with Crippen molar-refractivity contribution < 1.29 is 0 Å². The third-order valence-corrected chi connectivity index (χ3v) is 4.53. The summed E-state index contributed by atoms with van der Waals surface area (Å²) in [7, 11) is 2.16. The van der Waals surface area contributed by atoms with E-state index in [1.807, 2.05) is 24.4 Å². The predicted octanol–water partition coefficient (Wildman–Crippen LogP) is 2.56. The highest BCUT2D eigenvalue weighted by molar-refractivity contribution is 5.87. The van der Waals surface area contributed by atoms with Gasteiger partial charge in [-0.15, -0.1) is 0 Å². The van der Waals surface area contributed by atoms with Gasteiger partial charge in [-0.25, -0.2) is 4.98 Å². The zero-order chi connectivity index (χ0) is 15.8. The summed E-state index contributed by atoms with van der Waals surface area (Å²) in [5.41, 5.74) is 9.84. The molecule has 23 heavy (non-hydrogen) atoms. The quantitative estimate of drug-likeness (QED) is 0.714. The molecule has 1 saturated heterocycles. The maximum Gasteiger partial charge on any atom is 0.128 e. The normalized spacial score (nSPS) is 16.1. The molecule has 0 amide bonds. The van der Waals surface area contributed by atoms with Crippen LogP contribution in [0.4, 0.5) is 11.5 Å². The lowest BCUT2D eigenvalue weighted by Crippen LogP contribution is -2.44. The Labute approximate surface area is 135 Å². The van der Waals surface area contributed by atoms with Crippen LogP contribution in [0.5, 0.6) is 0 Å². The molecule has 3 heterocycles. The lowest BCUT2D eigenvalue weighted by atomic mass is 10.2. The molecular formula is C18H21N5. The number of pyridine rings is 1. The number of nitrogens with zero attached hydrogens (tertiary/aromatic N) is 3. The number of piperazine rings is 1. The van der Waals surface area contributed by atoms with Gasteiger partial charge in [0.05, 0.1) is 0 Å². The summed E-state index contributed by atoms with van der Waals surface area (Å²) in [5, 5.41) is 1.16. The Bertz CT molecular complexity index is 813. The van der Waals surface area contributed by atoms with E-state index in [2.05, 4.69) is 45.0 Å². The molecule has 118 valence electrons. The van der Waals surface area contributed by atoms with Gasteiger partial charge < -0.3 is 20.5 Å². The van der Waals surface area contributed by atoms with E-state index in [-0.39, 0.29) is 0 Å². The van der Waals surface area contributed by atoms with Crippen LogP contribution in [-0.4, -0.2) is 48.1 Å². The first-order chi connectivity index (χ1) is 11.2. The first kappa shape index (κ1) is 14.1. The van der Waals surface area contributed by atoms with Crippen LogP contribution in [0.3, 0.4) is 0 Å². The number of benzene rings is 1. The largest absolute Gasteiger partial charge is 0.399 e. The third-order valence-electron chi connectivity index (χ3n) is 4.53. The lowest BCUT2D eigenvalue weighted by Gasteiger charge is -2.33. The van der Waals surface area contributed by atoms with Gasteiger partial charge in [-0.1, -0.05) is 6.07 Å². The van der Waals surface area contributed by atoms with Crippen molar-refractivity contribution in [2.75, 3.05) is 43.9 Å². The van der Waals surface area contributed by atoms with Crippen LogP contribution in [0.2, 0.25) is 0 Å². The molecule has 0 aliphatic carbocycles. The van der Waals surface area contributed by atoms with E-state index in [9.17, 15) is 0 Å². The fourth-order valence-electron chi connectivity index (χ4n) is 3.07. The van der Waals surface area contributed by atoms with E-state index >= 15 is 0 Å². The van der Waals surface area contributed by atoms with Crippen LogP contribution in [-0.2, 0) is 0 Å². The van der Waals surface area contributed by atoms with Gasteiger partial charge in [0.25, 0.3) is 0 Å². The minimum Gasteiger partial charge on any atom is -0.399 e. The molecule has 2 aromatic heterocycles. The van der Waals surface area contributed by atoms with E-state index in [0.717, 1.165) is 59.8 Å². The molecule has 0 bridgehead atoms. The van der Waals surface area contributed by atoms with Crippen molar-refractivity contribution in [3.63, 3.8) is 0 Å². The monoisotopic (exact) mass is 307 g/mol. The molecule has 1 aliphatic heterocycles. The van der Waals surface area contributed by atoms with E-state index in [4.69, 9.17) is 5.73 Å². The molecule has 0 radical (unpaired) electrons. The summed E-state index contributed by atoms with van der Waals surface area (Å²) in [4.78, 5) is 12.8. The predicted molar refractivity (Wildman–Crippen MR) is 95.7 cm³/mol. The molecule has 5 nitrogen and oxygen atoms in total. The van der Waals surface area contributed by atoms with E-state index < -0.39 is 0 Å². The number of H-pyrrole nitrogens is 1. The topological polar surface area (TPSA) is 61.2 Å². The highest BCUT2D eigenvalue weighted by Crippen LogP contribution is 2.26. The van der Waals surface area contributed by atoms with Crippen LogP contribution in [0.1, 0.15) is 0 Å². The lowest BCUT2D eigenvalue weighted by molar-refractivity contribution is 0.312. The third kappa shape index (κ3) is 2.75. The van der Waals surface area contributed by atoms with Crippen LogP contribution in [0, 0.1) is 0 Å². The van der Waals surface area contributed by atoms with Crippen molar-refractivity contribution in [3.8, 4) is 11.3 Å². The highest BCUT2D eigenvalue weighted by Gasteiger charge is 2.15. The van der Waals surface area contributed by atoms with Gasteiger partial charge in [-0.05, 0) is 37.4 Å². The number of fused-ring (bicyclic) bond motifs is 1. The molecule has 1 aliphatic rings. The summed E-state index contributed by atoms with van der Waals surface area (Å²) < 4.78 is 0. The number of hydrogen-bond acceptors (Lipinski definition) is 4. The fraction of sp³-hybridized carbons (Fsp3) is 0.278. The molecule has 4 rings (SSSR count). The summed E-state index contributed by atoms with van der Waals surface area (Å²) in [6.45, 7) is 4.25. The number of anilines is 2. The maximum absolute atomic E-state index is 5.84. The van der Waals surface area contributed by atoms with Crippen LogP contribution >= 0.6 is 0 Å². The van der Waals surface area contributed by atoms with Crippen molar-refractivity contribution in [2.45, 2.75) is 0 Å². The molecule has 3 aromatic rings. The van der Waals surface area contributed by atoms with Gasteiger partial charge in [0.2, 0.25) is 0 Å². The van der Waals surface area contributed by atoms with Crippen molar-refractivity contribution in [1.29, 1.82) is 0 Å². The number of aromatic nitrogens is 2. The van der Waals surface area contributed by atoms with E-state index in [1.165, 1.54) is 0 Å². The summed E-state index contributed by atoms with van der Waals surface area (Å²) >= 11 is 0. The van der Waals surface area contributed by atoms with Crippen molar-refractivity contribution in [2.24, 2.45) is 0 Å². The average molecular weight is 307 g/mol. The van der Waals surface area contributed by atoms with Crippen molar-refractivity contribution in [1.82, 2.24) is 14.9 Å². The number of rotatable bonds is 2. The Kier molecular flexibility index (Phi) is 3.42. The van der Waals surface area contributed by atoms with Gasteiger partial charge in [0, 0.05) is 60.2 Å². The molecule has 0 unspecified atom stereocenters. The first-order valence-electron chi connectivity index (χ1n) is 7.97. The molecule has 0 atom stereocenters. The van der Waals surface area contributed by atoms with Gasteiger partial charge in [0.1, 0.15) is 5.82 Å². The average Bonchev–Trinajstić information content (AvgIpc) is 2.99. The second-order valence-corrected chi connectivity index (χ2v) is 6.23. The molecule has 5 heteroatoms.